The standard InChI is InChI=1S/C24H30ClN5O7S/c25-16-10-11-27-14-19(16)38(35,36)29-22(33)24-13-15(24)7-4-2-1-3-5-9-18(37-23(26)34)21(32)30-12-6-8-17(30)20(31)28-24/h4,7,10-11,14-15,17-18H,1-3,5-6,8-9,12-13H2,(H2,26,34)(H,28,31)(H,29,33). The van der Waals surface area contributed by atoms with Crippen LogP contribution in [0.5, 0.6) is 0 Å². The zero-order valence-electron chi connectivity index (χ0n) is 20.6. The predicted octanol–water partition coefficient (Wildman–Crippen LogP) is 1.39. The van der Waals surface area contributed by atoms with Crippen molar-refractivity contribution >= 4 is 45.4 Å². The average Bonchev–Trinajstić information content (AvgIpc) is 3.31. The molecule has 1 aromatic rings. The maximum absolute atomic E-state index is 13.4. The van der Waals surface area contributed by atoms with Crippen LogP contribution < -0.4 is 15.8 Å². The summed E-state index contributed by atoms with van der Waals surface area (Å²) >= 11 is 6.00. The third-order valence-electron chi connectivity index (χ3n) is 7.09. The summed E-state index contributed by atoms with van der Waals surface area (Å²) in [5.41, 5.74) is 3.66. The molecule has 4 rings (SSSR count). The molecule has 14 heteroatoms. The summed E-state index contributed by atoms with van der Waals surface area (Å²) < 4.78 is 32.9. The Morgan fingerprint density at radius 3 is 2.74 bits per heavy atom. The molecule has 2 aliphatic heterocycles. The maximum Gasteiger partial charge on any atom is 0.405 e. The summed E-state index contributed by atoms with van der Waals surface area (Å²) in [7, 11) is -4.37. The first-order valence-electron chi connectivity index (χ1n) is 12.5. The van der Waals surface area contributed by atoms with Crippen LogP contribution in [0.25, 0.3) is 0 Å². The van der Waals surface area contributed by atoms with Gasteiger partial charge in [-0.25, -0.2) is 17.9 Å². The molecular formula is C24H30ClN5O7S. The first kappa shape index (κ1) is 27.8. The monoisotopic (exact) mass is 567 g/mol. The number of nitrogens with two attached hydrogens (primary N) is 1. The van der Waals surface area contributed by atoms with E-state index in [4.69, 9.17) is 22.1 Å². The molecule has 0 bridgehead atoms. The van der Waals surface area contributed by atoms with Gasteiger partial charge in [0.15, 0.2) is 6.10 Å². The molecule has 0 radical (unpaired) electrons. The van der Waals surface area contributed by atoms with Gasteiger partial charge in [0.2, 0.25) is 5.91 Å². The molecule has 3 heterocycles. The molecule has 3 aliphatic rings. The highest BCUT2D eigenvalue weighted by Gasteiger charge is 2.61. The highest BCUT2D eigenvalue weighted by Crippen LogP contribution is 2.46. The van der Waals surface area contributed by atoms with Crippen molar-refractivity contribution in [2.75, 3.05) is 6.54 Å². The molecule has 1 saturated heterocycles. The minimum atomic E-state index is -4.37. The second kappa shape index (κ2) is 11.3. The lowest BCUT2D eigenvalue weighted by Gasteiger charge is -2.29. The smallest absolute Gasteiger partial charge is 0.405 e. The van der Waals surface area contributed by atoms with Crippen molar-refractivity contribution in [2.45, 2.75) is 73.9 Å². The van der Waals surface area contributed by atoms with Crippen LogP contribution in [0.1, 0.15) is 51.4 Å². The fourth-order valence-corrected chi connectivity index (χ4v) is 6.47. The number of aromatic nitrogens is 1. The van der Waals surface area contributed by atoms with Gasteiger partial charge in [-0.15, -0.1) is 0 Å². The van der Waals surface area contributed by atoms with Gasteiger partial charge in [0.05, 0.1) is 5.02 Å². The molecule has 1 saturated carbocycles. The number of carbonyl (C=O) groups is 4. The van der Waals surface area contributed by atoms with Crippen molar-refractivity contribution in [2.24, 2.45) is 11.7 Å². The summed E-state index contributed by atoms with van der Waals surface area (Å²) in [5, 5.41) is 2.62. The van der Waals surface area contributed by atoms with E-state index in [1.54, 1.807) is 6.08 Å². The molecule has 38 heavy (non-hydrogen) atoms. The van der Waals surface area contributed by atoms with Gasteiger partial charge in [0.25, 0.3) is 21.8 Å². The molecule has 1 aliphatic carbocycles. The van der Waals surface area contributed by atoms with Gasteiger partial charge in [-0.05, 0) is 51.0 Å². The van der Waals surface area contributed by atoms with Crippen molar-refractivity contribution < 1.29 is 32.3 Å². The third-order valence-corrected chi connectivity index (χ3v) is 8.89. The zero-order valence-corrected chi connectivity index (χ0v) is 22.2. The van der Waals surface area contributed by atoms with Gasteiger partial charge in [-0.1, -0.05) is 30.2 Å². The summed E-state index contributed by atoms with van der Waals surface area (Å²) in [6.45, 7) is 0.270. The molecule has 4 amide bonds. The molecule has 12 nitrogen and oxygen atoms in total. The minimum Gasteiger partial charge on any atom is -0.436 e. The number of nitrogens with one attached hydrogen (secondary N) is 2. The number of halogens is 1. The lowest BCUT2D eigenvalue weighted by atomic mass is 10.1. The molecule has 1 aromatic heterocycles. The van der Waals surface area contributed by atoms with E-state index in [-0.39, 0.29) is 29.3 Å². The number of rotatable bonds is 4. The Labute approximate surface area is 225 Å². The molecular weight excluding hydrogens is 538 g/mol. The van der Waals surface area contributed by atoms with Crippen LogP contribution in [-0.4, -0.2) is 66.3 Å². The maximum atomic E-state index is 13.4. The lowest BCUT2D eigenvalue weighted by molar-refractivity contribution is -0.146. The Balaban J connectivity index is 1.60. The number of allylic oxidation sites excluding steroid dienone is 1. The molecule has 206 valence electrons. The minimum absolute atomic E-state index is 0.107. The first-order valence-corrected chi connectivity index (χ1v) is 14.3. The number of primary amides is 1. The van der Waals surface area contributed by atoms with Crippen molar-refractivity contribution in [3.05, 3.63) is 35.6 Å². The second-order valence-electron chi connectivity index (χ2n) is 9.69. The summed E-state index contributed by atoms with van der Waals surface area (Å²) in [4.78, 5) is 56.2. The van der Waals surface area contributed by atoms with Crippen molar-refractivity contribution in [3.8, 4) is 0 Å². The largest absolute Gasteiger partial charge is 0.436 e. The number of pyridine rings is 1. The number of sulfonamides is 1. The number of hydrogen-bond donors (Lipinski definition) is 3. The highest BCUT2D eigenvalue weighted by molar-refractivity contribution is 7.90. The van der Waals surface area contributed by atoms with Crippen molar-refractivity contribution in [3.63, 3.8) is 0 Å². The fourth-order valence-electron chi connectivity index (χ4n) is 5.00. The number of ether oxygens (including phenoxy) is 1. The van der Waals surface area contributed by atoms with Crippen LogP contribution >= 0.6 is 11.6 Å². The van der Waals surface area contributed by atoms with Crippen molar-refractivity contribution in [1.82, 2.24) is 19.9 Å². The normalized spacial score (nSPS) is 28.2. The van der Waals surface area contributed by atoms with Crippen LogP contribution in [0.3, 0.4) is 0 Å². The highest BCUT2D eigenvalue weighted by atomic mass is 35.5. The van der Waals surface area contributed by atoms with Gasteiger partial charge in [0.1, 0.15) is 16.5 Å². The van der Waals surface area contributed by atoms with Crippen molar-refractivity contribution in [1.29, 1.82) is 0 Å². The Morgan fingerprint density at radius 2 is 2.00 bits per heavy atom. The molecule has 0 aromatic carbocycles. The van der Waals surface area contributed by atoms with Crippen LogP contribution in [0.4, 0.5) is 4.79 Å². The Morgan fingerprint density at radius 1 is 1.21 bits per heavy atom. The Kier molecular flexibility index (Phi) is 8.26. The molecule has 2 fully saturated rings. The van der Waals surface area contributed by atoms with E-state index in [1.165, 1.54) is 17.2 Å². The topological polar surface area (TPSA) is 178 Å². The van der Waals surface area contributed by atoms with E-state index in [2.05, 4.69) is 10.3 Å². The molecule has 4 N–H and O–H groups in total. The molecule has 4 unspecified atom stereocenters. The van der Waals surface area contributed by atoms with Gasteiger partial charge in [-0.2, -0.15) is 0 Å². The van der Waals surface area contributed by atoms with Gasteiger partial charge in [-0.3, -0.25) is 19.4 Å². The Bertz CT molecular complexity index is 1260. The second-order valence-corrected chi connectivity index (χ2v) is 11.8. The third kappa shape index (κ3) is 5.93. The number of nitrogens with zero attached hydrogens (tertiary/aromatic N) is 2. The zero-order chi connectivity index (χ0) is 27.5. The molecule has 4 atom stereocenters. The quantitative estimate of drug-likeness (QED) is 0.457. The number of amides is 4. The number of carbonyl (C=O) groups excluding carboxylic acids is 4. The van der Waals surface area contributed by atoms with Crippen LogP contribution in [0.15, 0.2) is 35.5 Å². The number of hydrogen-bond acceptors (Lipinski definition) is 8. The van der Waals surface area contributed by atoms with E-state index in [0.29, 0.717) is 25.7 Å². The lowest BCUT2D eigenvalue weighted by Crippen LogP contribution is -2.57. The van der Waals surface area contributed by atoms with Gasteiger partial charge >= 0.3 is 6.09 Å². The summed E-state index contributed by atoms with van der Waals surface area (Å²) in [6, 6.07) is 0.375. The fraction of sp³-hybridized carbons (Fsp3) is 0.542. The molecule has 0 spiro atoms. The van der Waals surface area contributed by atoms with Crippen LogP contribution in [0.2, 0.25) is 5.02 Å². The average molecular weight is 568 g/mol. The first-order chi connectivity index (χ1) is 18.0. The Hall–Kier alpha value is -3.19. The van der Waals surface area contributed by atoms with E-state index < -0.39 is 57.4 Å². The van der Waals surface area contributed by atoms with Gasteiger partial charge < -0.3 is 20.7 Å². The van der Waals surface area contributed by atoms with E-state index >= 15 is 0 Å². The van der Waals surface area contributed by atoms with E-state index in [0.717, 1.165) is 19.0 Å². The van der Waals surface area contributed by atoms with Crippen LogP contribution in [0, 0.1) is 5.92 Å². The summed E-state index contributed by atoms with van der Waals surface area (Å²) in [6.07, 6.45) is 8.03. The van der Waals surface area contributed by atoms with E-state index in [1.807, 2.05) is 10.8 Å². The van der Waals surface area contributed by atoms with E-state index in [9.17, 15) is 27.6 Å². The SMILES string of the molecule is NC(=O)OC1CCCCCC=CC2CC2(C(=O)NS(=O)(=O)c2cnccc2Cl)NC(=O)C2CCCN2C1=O. The number of fused-ring (bicyclic) bond motifs is 2. The summed E-state index contributed by atoms with van der Waals surface area (Å²) in [5.74, 6) is -2.45. The predicted molar refractivity (Wildman–Crippen MR) is 135 cm³/mol. The van der Waals surface area contributed by atoms with Crippen LogP contribution in [-0.2, 0) is 29.1 Å². The van der Waals surface area contributed by atoms with Gasteiger partial charge in [0, 0.05) is 24.9 Å².